The molecule has 1 N–H and O–H groups in total. The Hall–Kier alpha value is -4.00. The first-order valence-corrected chi connectivity index (χ1v) is 8.22. The Kier molecular flexibility index (Phi) is 6.10. The van der Waals surface area contributed by atoms with Gasteiger partial charge < -0.3 is 9.15 Å². The molecule has 0 unspecified atom stereocenters. The highest BCUT2D eigenvalue weighted by molar-refractivity contribution is 5.95. The van der Waals surface area contributed by atoms with E-state index < -0.39 is 17.7 Å². The number of esters is 1. The van der Waals surface area contributed by atoms with E-state index in [2.05, 4.69) is 10.5 Å². The van der Waals surface area contributed by atoms with E-state index in [9.17, 15) is 14.0 Å². The molecule has 0 aliphatic heterocycles. The van der Waals surface area contributed by atoms with Crippen LogP contribution in [-0.2, 0) is 4.79 Å². The lowest BCUT2D eigenvalue weighted by atomic mass is 10.2. The summed E-state index contributed by atoms with van der Waals surface area (Å²) < 4.78 is 23.2. The van der Waals surface area contributed by atoms with Gasteiger partial charge >= 0.3 is 5.97 Å². The molecular weight excluding hydrogens is 363 g/mol. The Morgan fingerprint density at radius 1 is 1.07 bits per heavy atom. The molecule has 0 aliphatic carbocycles. The van der Waals surface area contributed by atoms with Crippen LogP contribution in [0.5, 0.6) is 5.75 Å². The summed E-state index contributed by atoms with van der Waals surface area (Å²) in [5.41, 5.74) is 3.23. The third-order valence-electron chi connectivity index (χ3n) is 3.49. The van der Waals surface area contributed by atoms with Gasteiger partial charge in [0.15, 0.2) is 0 Å². The Morgan fingerprint density at radius 3 is 2.64 bits per heavy atom. The van der Waals surface area contributed by atoms with Crippen molar-refractivity contribution in [3.8, 4) is 5.75 Å². The molecule has 0 saturated carbocycles. The van der Waals surface area contributed by atoms with E-state index in [1.54, 1.807) is 36.4 Å². The van der Waals surface area contributed by atoms with Crippen LogP contribution in [0, 0.1) is 5.82 Å². The molecule has 0 radical (unpaired) electrons. The van der Waals surface area contributed by atoms with Gasteiger partial charge in [-0.1, -0.05) is 12.1 Å². The maximum absolute atomic E-state index is 12.9. The number of rotatable bonds is 6. The van der Waals surface area contributed by atoms with E-state index in [1.165, 1.54) is 48.9 Å². The summed E-state index contributed by atoms with van der Waals surface area (Å²) >= 11 is 0. The predicted octanol–water partition coefficient (Wildman–Crippen LogP) is 3.80. The number of ether oxygens (including phenoxy) is 1. The molecule has 1 heterocycles. The molecule has 3 rings (SSSR count). The van der Waals surface area contributed by atoms with Gasteiger partial charge in [0.2, 0.25) is 0 Å². The minimum Gasteiger partial charge on any atom is -0.465 e. The molecule has 0 atom stereocenters. The van der Waals surface area contributed by atoms with E-state index >= 15 is 0 Å². The van der Waals surface area contributed by atoms with Gasteiger partial charge in [-0.2, -0.15) is 5.10 Å². The van der Waals surface area contributed by atoms with Crippen molar-refractivity contribution >= 4 is 24.2 Å². The summed E-state index contributed by atoms with van der Waals surface area (Å²) in [4.78, 5) is 23.7. The quantitative estimate of drug-likeness (QED) is 0.233. The number of nitrogens with zero attached hydrogens (tertiary/aromatic N) is 1. The third-order valence-corrected chi connectivity index (χ3v) is 3.49. The number of furan rings is 1. The largest absolute Gasteiger partial charge is 0.465 e. The molecule has 0 bridgehead atoms. The molecule has 6 nitrogen and oxygen atoms in total. The predicted molar refractivity (Wildman–Crippen MR) is 101 cm³/mol. The van der Waals surface area contributed by atoms with Crippen molar-refractivity contribution in [2.24, 2.45) is 5.10 Å². The normalized spacial score (nSPS) is 11.0. The molecule has 1 amide bonds. The summed E-state index contributed by atoms with van der Waals surface area (Å²) in [7, 11) is 0. The van der Waals surface area contributed by atoms with Crippen LogP contribution in [0.1, 0.15) is 21.7 Å². The van der Waals surface area contributed by atoms with Gasteiger partial charge in [-0.3, -0.25) is 4.79 Å². The van der Waals surface area contributed by atoms with Crippen LogP contribution in [-0.4, -0.2) is 18.1 Å². The fourth-order valence-corrected chi connectivity index (χ4v) is 2.18. The Labute approximate surface area is 159 Å². The SMILES string of the molecule is O=C(/C=C/c1ccco1)Oc1cccc(C=NNC(=O)c2ccc(F)cc2)c1. The summed E-state index contributed by atoms with van der Waals surface area (Å²) in [5.74, 6) is -0.597. The topological polar surface area (TPSA) is 80.9 Å². The van der Waals surface area contributed by atoms with Gasteiger partial charge in [-0.25, -0.2) is 14.6 Å². The maximum Gasteiger partial charge on any atom is 0.336 e. The monoisotopic (exact) mass is 378 g/mol. The molecule has 0 aliphatic rings. The van der Waals surface area contributed by atoms with E-state index in [-0.39, 0.29) is 5.56 Å². The zero-order chi connectivity index (χ0) is 19.8. The highest BCUT2D eigenvalue weighted by Gasteiger charge is 2.04. The Balaban J connectivity index is 1.56. The lowest BCUT2D eigenvalue weighted by Crippen LogP contribution is -2.17. The number of carbonyl (C=O) groups excluding carboxylic acids is 2. The molecule has 7 heteroatoms. The first-order valence-electron chi connectivity index (χ1n) is 8.22. The zero-order valence-electron chi connectivity index (χ0n) is 14.5. The lowest BCUT2D eigenvalue weighted by molar-refractivity contribution is -0.128. The molecule has 2 aromatic carbocycles. The molecule has 140 valence electrons. The van der Waals surface area contributed by atoms with Gasteiger partial charge in [0.1, 0.15) is 17.3 Å². The smallest absolute Gasteiger partial charge is 0.336 e. The molecule has 0 saturated heterocycles. The van der Waals surface area contributed by atoms with E-state index in [1.807, 2.05) is 0 Å². The van der Waals surface area contributed by atoms with Crippen molar-refractivity contribution in [2.45, 2.75) is 0 Å². The zero-order valence-corrected chi connectivity index (χ0v) is 14.5. The Morgan fingerprint density at radius 2 is 1.89 bits per heavy atom. The van der Waals surface area contributed by atoms with Crippen molar-refractivity contribution in [1.29, 1.82) is 0 Å². The molecule has 1 aromatic heterocycles. The third kappa shape index (κ3) is 5.50. The maximum atomic E-state index is 12.9. The first-order chi connectivity index (χ1) is 13.6. The van der Waals surface area contributed by atoms with E-state index in [4.69, 9.17) is 9.15 Å². The average Bonchev–Trinajstić information content (AvgIpc) is 3.21. The number of hydrazone groups is 1. The molecule has 28 heavy (non-hydrogen) atoms. The number of halogens is 1. The average molecular weight is 378 g/mol. The summed E-state index contributed by atoms with van der Waals surface area (Å²) in [5, 5.41) is 3.85. The molecular formula is C21H15FN2O4. The standard InChI is InChI=1S/C21H15FN2O4/c22-17-8-6-16(7-9-17)21(26)24-23-14-15-3-1-4-19(13-15)28-20(25)11-10-18-5-2-12-27-18/h1-14H,(H,24,26)/b11-10+,23-14?. The molecule has 3 aromatic rings. The van der Waals surface area contributed by atoms with Gasteiger partial charge in [0.25, 0.3) is 5.91 Å². The Bertz CT molecular complexity index is 1010. The van der Waals surface area contributed by atoms with Gasteiger partial charge in [0.05, 0.1) is 12.5 Å². The second kappa shape index (κ2) is 9.09. The van der Waals surface area contributed by atoms with Crippen LogP contribution < -0.4 is 10.2 Å². The van der Waals surface area contributed by atoms with Crippen LogP contribution in [0.3, 0.4) is 0 Å². The van der Waals surface area contributed by atoms with E-state index in [0.717, 1.165) is 0 Å². The lowest BCUT2D eigenvalue weighted by Gasteiger charge is -2.02. The minimum absolute atomic E-state index is 0.282. The molecule has 0 spiro atoms. The van der Waals surface area contributed by atoms with Crippen molar-refractivity contribution in [3.05, 3.63) is 95.7 Å². The number of carbonyl (C=O) groups is 2. The minimum atomic E-state index is -0.560. The second-order valence-corrected chi connectivity index (χ2v) is 5.55. The van der Waals surface area contributed by atoms with Gasteiger partial charge in [-0.05, 0) is 60.2 Å². The van der Waals surface area contributed by atoms with Crippen LogP contribution in [0.25, 0.3) is 6.08 Å². The number of amides is 1. The van der Waals surface area contributed by atoms with Crippen LogP contribution in [0.15, 0.2) is 82.5 Å². The highest BCUT2D eigenvalue weighted by Crippen LogP contribution is 2.13. The van der Waals surface area contributed by atoms with Crippen molar-refractivity contribution in [2.75, 3.05) is 0 Å². The van der Waals surface area contributed by atoms with Crippen LogP contribution in [0.4, 0.5) is 4.39 Å². The number of benzene rings is 2. The summed E-state index contributed by atoms with van der Waals surface area (Å²) in [6, 6.07) is 15.1. The summed E-state index contributed by atoms with van der Waals surface area (Å²) in [6.07, 6.45) is 5.65. The fraction of sp³-hybridized carbons (Fsp3) is 0. The van der Waals surface area contributed by atoms with Crippen molar-refractivity contribution in [1.82, 2.24) is 5.43 Å². The number of nitrogens with one attached hydrogen (secondary N) is 1. The summed E-state index contributed by atoms with van der Waals surface area (Å²) in [6.45, 7) is 0. The first kappa shape index (κ1) is 18.8. The number of hydrogen-bond donors (Lipinski definition) is 1. The second-order valence-electron chi connectivity index (χ2n) is 5.55. The molecule has 0 fully saturated rings. The van der Waals surface area contributed by atoms with Crippen molar-refractivity contribution in [3.63, 3.8) is 0 Å². The van der Waals surface area contributed by atoms with Crippen LogP contribution in [0.2, 0.25) is 0 Å². The van der Waals surface area contributed by atoms with Gasteiger partial charge in [0, 0.05) is 11.6 Å². The highest BCUT2D eigenvalue weighted by atomic mass is 19.1. The fourth-order valence-electron chi connectivity index (χ4n) is 2.18. The number of hydrogen-bond acceptors (Lipinski definition) is 5. The van der Waals surface area contributed by atoms with Crippen molar-refractivity contribution < 1.29 is 23.1 Å². The van der Waals surface area contributed by atoms with Gasteiger partial charge in [-0.15, -0.1) is 0 Å². The van der Waals surface area contributed by atoms with Crippen LogP contribution >= 0.6 is 0 Å². The van der Waals surface area contributed by atoms with E-state index in [0.29, 0.717) is 17.1 Å².